The number of imidazole rings is 1. The summed E-state index contributed by atoms with van der Waals surface area (Å²) >= 11 is 0. The number of carbonyl (C=O) groups is 2. The Kier molecular flexibility index (Phi) is 4.48. The number of nitrogens with zero attached hydrogens (tertiary/aromatic N) is 3. The first-order chi connectivity index (χ1) is 14.7. The summed E-state index contributed by atoms with van der Waals surface area (Å²) in [7, 11) is 0. The highest BCUT2D eigenvalue weighted by Crippen LogP contribution is 2.40. The van der Waals surface area contributed by atoms with Crippen LogP contribution in [0.4, 0.5) is 5.69 Å². The quantitative estimate of drug-likeness (QED) is 0.456. The van der Waals surface area contributed by atoms with Crippen LogP contribution in [0.2, 0.25) is 0 Å². The van der Waals surface area contributed by atoms with Gasteiger partial charge < -0.3 is 9.47 Å². The summed E-state index contributed by atoms with van der Waals surface area (Å²) in [5.74, 6) is -0.0584. The maximum absolute atomic E-state index is 13.2. The van der Waals surface area contributed by atoms with Gasteiger partial charge in [-0.2, -0.15) is 0 Å². The van der Waals surface area contributed by atoms with Crippen molar-refractivity contribution in [2.24, 2.45) is 0 Å². The first kappa shape index (κ1) is 18.1. The van der Waals surface area contributed by atoms with Crippen LogP contribution >= 0.6 is 0 Å². The number of fused-ring (bicyclic) bond motifs is 1. The standard InChI is InChI=1S/C25H19N3O2/c29-24(18-6-2-1-3-7-18)16-23-21-8-4-5-9-22(21)25(30)28(23)20-12-10-19(11-13-20)27-15-14-26-17-27/h1-15,17,23H,16H2. The summed E-state index contributed by atoms with van der Waals surface area (Å²) in [5.41, 5.74) is 3.93. The molecule has 146 valence electrons. The van der Waals surface area contributed by atoms with Crippen molar-refractivity contribution >= 4 is 17.4 Å². The molecule has 1 unspecified atom stereocenters. The molecule has 0 bridgehead atoms. The molecule has 0 N–H and O–H groups in total. The molecule has 4 aromatic rings. The van der Waals surface area contributed by atoms with Gasteiger partial charge in [0.05, 0.1) is 12.4 Å². The second-order valence-corrected chi connectivity index (χ2v) is 7.26. The van der Waals surface area contributed by atoms with E-state index in [1.165, 1.54) is 0 Å². The Balaban J connectivity index is 1.51. The fourth-order valence-corrected chi connectivity index (χ4v) is 4.01. The highest BCUT2D eigenvalue weighted by molar-refractivity contribution is 6.12. The van der Waals surface area contributed by atoms with Crippen LogP contribution in [0.3, 0.4) is 0 Å². The Morgan fingerprint density at radius 2 is 1.57 bits per heavy atom. The molecule has 1 amide bonds. The van der Waals surface area contributed by atoms with Gasteiger partial charge in [-0.25, -0.2) is 4.98 Å². The maximum Gasteiger partial charge on any atom is 0.259 e. The van der Waals surface area contributed by atoms with E-state index in [-0.39, 0.29) is 24.2 Å². The second kappa shape index (κ2) is 7.44. The van der Waals surface area contributed by atoms with Gasteiger partial charge in [0.1, 0.15) is 0 Å². The minimum atomic E-state index is -0.333. The molecule has 2 heterocycles. The highest BCUT2D eigenvalue weighted by Gasteiger charge is 2.38. The van der Waals surface area contributed by atoms with Crippen molar-refractivity contribution in [3.63, 3.8) is 0 Å². The first-order valence-corrected chi connectivity index (χ1v) is 9.81. The van der Waals surface area contributed by atoms with Gasteiger partial charge in [0.25, 0.3) is 5.91 Å². The number of Topliss-reactive ketones (excluding diaryl/α,β-unsaturated/α-hetero) is 1. The van der Waals surface area contributed by atoms with Crippen molar-refractivity contribution in [1.29, 1.82) is 0 Å². The molecule has 0 spiro atoms. The van der Waals surface area contributed by atoms with E-state index in [4.69, 9.17) is 0 Å². The smallest absolute Gasteiger partial charge is 0.259 e. The minimum absolute atomic E-state index is 0.0186. The van der Waals surface area contributed by atoms with E-state index in [0.717, 1.165) is 16.9 Å². The molecule has 0 fully saturated rings. The summed E-state index contributed by atoms with van der Waals surface area (Å²) in [4.78, 5) is 32.0. The molecule has 30 heavy (non-hydrogen) atoms. The normalized spacial score (nSPS) is 15.3. The lowest BCUT2D eigenvalue weighted by atomic mass is 9.97. The number of ketones is 1. The van der Waals surface area contributed by atoms with E-state index < -0.39 is 0 Å². The molecule has 1 aliphatic heterocycles. The van der Waals surface area contributed by atoms with Crippen LogP contribution in [0.25, 0.3) is 5.69 Å². The number of anilines is 1. The van der Waals surface area contributed by atoms with Gasteiger partial charge in [-0.1, -0.05) is 48.5 Å². The third-order valence-corrected chi connectivity index (χ3v) is 5.49. The first-order valence-electron chi connectivity index (χ1n) is 9.81. The fraction of sp³-hybridized carbons (Fsp3) is 0.0800. The topological polar surface area (TPSA) is 55.2 Å². The van der Waals surface area contributed by atoms with Crippen LogP contribution in [-0.4, -0.2) is 21.2 Å². The average molecular weight is 393 g/mol. The van der Waals surface area contributed by atoms with Gasteiger partial charge in [-0.05, 0) is 35.9 Å². The number of carbonyl (C=O) groups excluding carboxylic acids is 2. The van der Waals surface area contributed by atoms with Gasteiger partial charge in [0.2, 0.25) is 0 Å². The van der Waals surface area contributed by atoms with Gasteiger partial charge in [-0.15, -0.1) is 0 Å². The van der Waals surface area contributed by atoms with E-state index in [1.807, 2.05) is 89.6 Å². The summed E-state index contributed by atoms with van der Waals surface area (Å²) < 4.78 is 1.90. The van der Waals surface area contributed by atoms with Gasteiger partial charge >= 0.3 is 0 Å². The summed E-state index contributed by atoms with van der Waals surface area (Å²) in [6.07, 6.45) is 5.55. The molecule has 5 heteroatoms. The number of amides is 1. The van der Waals surface area contributed by atoms with E-state index in [2.05, 4.69) is 4.98 Å². The fourth-order valence-electron chi connectivity index (χ4n) is 4.01. The molecule has 0 saturated heterocycles. The van der Waals surface area contributed by atoms with Crippen LogP contribution in [0.1, 0.15) is 38.7 Å². The van der Waals surface area contributed by atoms with Crippen molar-refractivity contribution in [1.82, 2.24) is 9.55 Å². The van der Waals surface area contributed by atoms with E-state index in [1.54, 1.807) is 17.4 Å². The molecule has 0 saturated carbocycles. The van der Waals surface area contributed by atoms with Crippen molar-refractivity contribution in [2.45, 2.75) is 12.5 Å². The predicted octanol–water partition coefficient (Wildman–Crippen LogP) is 4.85. The zero-order valence-electron chi connectivity index (χ0n) is 16.2. The van der Waals surface area contributed by atoms with Crippen LogP contribution < -0.4 is 4.90 Å². The molecule has 1 aromatic heterocycles. The number of rotatable bonds is 5. The van der Waals surface area contributed by atoms with Gasteiger partial charge in [0.15, 0.2) is 5.78 Å². The molecule has 5 nitrogen and oxygen atoms in total. The van der Waals surface area contributed by atoms with Gasteiger partial charge in [0, 0.05) is 41.3 Å². The van der Waals surface area contributed by atoms with E-state index in [0.29, 0.717) is 11.1 Å². The second-order valence-electron chi connectivity index (χ2n) is 7.26. The van der Waals surface area contributed by atoms with Crippen LogP contribution in [0.15, 0.2) is 97.6 Å². The van der Waals surface area contributed by atoms with Crippen LogP contribution in [0.5, 0.6) is 0 Å². The molecule has 0 aliphatic carbocycles. The predicted molar refractivity (Wildman–Crippen MR) is 115 cm³/mol. The van der Waals surface area contributed by atoms with Crippen molar-refractivity contribution in [3.05, 3.63) is 114 Å². The molecular formula is C25H19N3O2. The molecular weight excluding hydrogens is 374 g/mol. The number of hydrogen-bond acceptors (Lipinski definition) is 3. The Bertz CT molecular complexity index is 1200. The van der Waals surface area contributed by atoms with Crippen molar-refractivity contribution in [3.8, 4) is 5.69 Å². The Hall–Kier alpha value is -3.99. The van der Waals surface area contributed by atoms with Crippen LogP contribution in [0, 0.1) is 0 Å². The lowest BCUT2D eigenvalue weighted by Gasteiger charge is -2.25. The minimum Gasteiger partial charge on any atom is -0.306 e. The number of hydrogen-bond donors (Lipinski definition) is 0. The van der Waals surface area contributed by atoms with E-state index in [9.17, 15) is 9.59 Å². The van der Waals surface area contributed by atoms with Crippen molar-refractivity contribution in [2.75, 3.05) is 4.90 Å². The Morgan fingerprint density at radius 3 is 2.30 bits per heavy atom. The molecule has 5 rings (SSSR count). The summed E-state index contributed by atoms with van der Waals surface area (Å²) in [6.45, 7) is 0. The lowest BCUT2D eigenvalue weighted by molar-refractivity contribution is 0.0960. The summed E-state index contributed by atoms with van der Waals surface area (Å²) in [6, 6.07) is 24.2. The lowest BCUT2D eigenvalue weighted by Crippen LogP contribution is -2.29. The van der Waals surface area contributed by atoms with Crippen LogP contribution in [-0.2, 0) is 0 Å². The monoisotopic (exact) mass is 393 g/mol. The molecule has 3 aromatic carbocycles. The van der Waals surface area contributed by atoms with Gasteiger partial charge in [-0.3, -0.25) is 9.59 Å². The highest BCUT2D eigenvalue weighted by atomic mass is 16.2. The third kappa shape index (κ3) is 3.10. The molecule has 1 atom stereocenters. The van der Waals surface area contributed by atoms with Crippen molar-refractivity contribution < 1.29 is 9.59 Å². The van der Waals surface area contributed by atoms with E-state index >= 15 is 0 Å². The summed E-state index contributed by atoms with van der Waals surface area (Å²) in [5, 5.41) is 0. The Labute approximate surface area is 174 Å². The molecule has 1 aliphatic rings. The third-order valence-electron chi connectivity index (χ3n) is 5.49. The largest absolute Gasteiger partial charge is 0.306 e. The zero-order valence-corrected chi connectivity index (χ0v) is 16.2. The zero-order chi connectivity index (χ0) is 20.5. The SMILES string of the molecule is O=C(CC1c2ccccc2C(=O)N1c1ccc(-n2ccnc2)cc1)c1ccccc1. The number of benzene rings is 3. The maximum atomic E-state index is 13.2. The number of aromatic nitrogens is 2. The molecule has 0 radical (unpaired) electrons. The average Bonchev–Trinajstić information content (AvgIpc) is 3.42. The Morgan fingerprint density at radius 1 is 0.867 bits per heavy atom.